The Morgan fingerprint density at radius 3 is 2.52 bits per heavy atom. The SMILES string of the molecule is NC(=O)c1ccccc1Oc1ccc(NC(=O)/C(N)=C/N(N)C2CCOC2)cc1. The van der Waals surface area contributed by atoms with Crippen LogP contribution in [0.1, 0.15) is 16.8 Å². The van der Waals surface area contributed by atoms with Crippen LogP contribution in [-0.4, -0.2) is 36.1 Å². The molecule has 2 aromatic rings. The average molecular weight is 397 g/mol. The van der Waals surface area contributed by atoms with Crippen LogP contribution >= 0.6 is 0 Å². The van der Waals surface area contributed by atoms with Crippen LogP contribution in [0, 0.1) is 0 Å². The number of hydrogen-bond donors (Lipinski definition) is 4. The van der Waals surface area contributed by atoms with Crippen LogP contribution in [0.4, 0.5) is 5.69 Å². The molecule has 9 nitrogen and oxygen atoms in total. The Morgan fingerprint density at radius 2 is 1.86 bits per heavy atom. The molecule has 0 bridgehead atoms. The molecule has 1 fully saturated rings. The van der Waals surface area contributed by atoms with Crippen molar-refractivity contribution in [2.45, 2.75) is 12.5 Å². The molecule has 1 aliphatic rings. The Kier molecular flexibility index (Phi) is 6.32. The molecule has 1 aliphatic heterocycles. The molecule has 29 heavy (non-hydrogen) atoms. The summed E-state index contributed by atoms with van der Waals surface area (Å²) < 4.78 is 11.0. The van der Waals surface area contributed by atoms with Gasteiger partial charge in [-0.05, 0) is 42.8 Å². The zero-order chi connectivity index (χ0) is 20.8. The van der Waals surface area contributed by atoms with Gasteiger partial charge in [0.25, 0.3) is 11.8 Å². The number of carbonyl (C=O) groups is 2. The van der Waals surface area contributed by atoms with Gasteiger partial charge in [-0.1, -0.05) is 12.1 Å². The molecule has 3 rings (SSSR count). The zero-order valence-corrected chi connectivity index (χ0v) is 15.7. The largest absolute Gasteiger partial charge is 0.457 e. The molecule has 1 heterocycles. The summed E-state index contributed by atoms with van der Waals surface area (Å²) in [5, 5.41) is 4.08. The van der Waals surface area contributed by atoms with Gasteiger partial charge in [0.2, 0.25) is 0 Å². The summed E-state index contributed by atoms with van der Waals surface area (Å²) in [7, 11) is 0. The highest BCUT2D eigenvalue weighted by Crippen LogP contribution is 2.26. The Labute approximate surface area is 168 Å². The molecule has 0 radical (unpaired) electrons. The predicted molar refractivity (Wildman–Crippen MR) is 108 cm³/mol. The third-order valence-electron chi connectivity index (χ3n) is 4.37. The second-order valence-electron chi connectivity index (χ2n) is 6.49. The number of hydrazine groups is 1. The third-order valence-corrected chi connectivity index (χ3v) is 4.37. The lowest BCUT2D eigenvalue weighted by Crippen LogP contribution is -2.38. The molecule has 2 aromatic carbocycles. The normalized spacial score (nSPS) is 16.3. The zero-order valence-electron chi connectivity index (χ0n) is 15.7. The first-order valence-corrected chi connectivity index (χ1v) is 9.00. The first kappa shape index (κ1) is 20.2. The first-order chi connectivity index (χ1) is 13.9. The van der Waals surface area contributed by atoms with E-state index in [1.807, 2.05) is 0 Å². The lowest BCUT2D eigenvalue weighted by Gasteiger charge is -2.20. The van der Waals surface area contributed by atoms with Crippen LogP contribution in [0.5, 0.6) is 11.5 Å². The van der Waals surface area contributed by atoms with E-state index in [9.17, 15) is 9.59 Å². The lowest BCUT2D eigenvalue weighted by atomic mass is 10.2. The Balaban J connectivity index is 1.61. The van der Waals surface area contributed by atoms with Gasteiger partial charge in [0.1, 0.15) is 17.2 Å². The van der Waals surface area contributed by atoms with Gasteiger partial charge >= 0.3 is 0 Å². The van der Waals surface area contributed by atoms with Gasteiger partial charge in [0.15, 0.2) is 0 Å². The molecule has 1 atom stereocenters. The summed E-state index contributed by atoms with van der Waals surface area (Å²) in [5.74, 6) is 5.68. The molecule has 2 amide bonds. The van der Waals surface area contributed by atoms with Crippen LogP contribution in [0.15, 0.2) is 60.4 Å². The van der Waals surface area contributed by atoms with Crippen molar-refractivity contribution >= 4 is 17.5 Å². The van der Waals surface area contributed by atoms with E-state index in [-0.39, 0.29) is 17.3 Å². The second-order valence-corrected chi connectivity index (χ2v) is 6.49. The second kappa shape index (κ2) is 9.09. The molecule has 0 aliphatic carbocycles. The molecular formula is C20H23N5O4. The molecule has 1 saturated heterocycles. The number of benzene rings is 2. The highest BCUT2D eigenvalue weighted by atomic mass is 16.5. The molecular weight excluding hydrogens is 374 g/mol. The summed E-state index contributed by atoms with van der Waals surface area (Å²) in [6, 6.07) is 13.3. The number of primary amides is 1. The number of ether oxygens (including phenoxy) is 2. The minimum atomic E-state index is -0.579. The smallest absolute Gasteiger partial charge is 0.273 e. The van der Waals surface area contributed by atoms with Crippen molar-refractivity contribution < 1.29 is 19.1 Å². The number of para-hydroxylation sites is 1. The van der Waals surface area contributed by atoms with Crippen molar-refractivity contribution in [3.63, 3.8) is 0 Å². The molecule has 7 N–H and O–H groups in total. The first-order valence-electron chi connectivity index (χ1n) is 9.00. The van der Waals surface area contributed by atoms with E-state index in [0.29, 0.717) is 30.4 Å². The number of rotatable bonds is 7. The van der Waals surface area contributed by atoms with Gasteiger partial charge in [-0.2, -0.15) is 0 Å². The van der Waals surface area contributed by atoms with Gasteiger partial charge < -0.3 is 31.3 Å². The van der Waals surface area contributed by atoms with Crippen molar-refractivity contribution in [3.8, 4) is 11.5 Å². The van der Waals surface area contributed by atoms with E-state index >= 15 is 0 Å². The molecule has 152 valence electrons. The van der Waals surface area contributed by atoms with E-state index in [4.69, 9.17) is 26.8 Å². The highest BCUT2D eigenvalue weighted by molar-refractivity contribution is 6.02. The summed E-state index contributed by atoms with van der Waals surface area (Å²) in [4.78, 5) is 23.7. The minimum Gasteiger partial charge on any atom is -0.457 e. The Hall–Kier alpha value is -3.56. The predicted octanol–water partition coefficient (Wildman–Crippen LogP) is 1.28. The number of nitrogens with one attached hydrogen (secondary N) is 1. The standard InChI is InChI=1S/C20H23N5O4/c21-17(11-25(23)14-9-10-28-12-14)20(27)24-13-5-7-15(8-6-13)29-18-4-2-1-3-16(18)19(22)26/h1-8,11,14H,9-10,12,21,23H2,(H2,22,26)(H,24,27)/b17-11-. The number of nitrogens with two attached hydrogens (primary N) is 3. The average Bonchev–Trinajstić information content (AvgIpc) is 3.24. The summed E-state index contributed by atoms with van der Waals surface area (Å²) in [6.07, 6.45) is 2.18. The topological polar surface area (TPSA) is 146 Å². The molecule has 0 saturated carbocycles. The summed E-state index contributed by atoms with van der Waals surface area (Å²) >= 11 is 0. The van der Waals surface area contributed by atoms with Crippen LogP contribution in [0.3, 0.4) is 0 Å². The fraction of sp³-hybridized carbons (Fsp3) is 0.200. The summed E-state index contributed by atoms with van der Waals surface area (Å²) in [5.41, 5.74) is 12.0. The number of nitrogens with zero attached hydrogens (tertiary/aromatic N) is 1. The van der Waals surface area contributed by atoms with Crippen LogP contribution in [-0.2, 0) is 9.53 Å². The molecule has 1 unspecified atom stereocenters. The van der Waals surface area contributed by atoms with E-state index in [2.05, 4.69) is 5.32 Å². The van der Waals surface area contributed by atoms with E-state index in [0.717, 1.165) is 6.42 Å². The van der Waals surface area contributed by atoms with Crippen molar-refractivity contribution in [1.82, 2.24) is 5.01 Å². The Morgan fingerprint density at radius 1 is 1.14 bits per heavy atom. The lowest BCUT2D eigenvalue weighted by molar-refractivity contribution is -0.113. The van der Waals surface area contributed by atoms with Crippen molar-refractivity contribution in [1.29, 1.82) is 0 Å². The van der Waals surface area contributed by atoms with Crippen molar-refractivity contribution in [2.75, 3.05) is 18.5 Å². The van der Waals surface area contributed by atoms with Crippen molar-refractivity contribution in [2.24, 2.45) is 17.3 Å². The van der Waals surface area contributed by atoms with Gasteiger partial charge in [-0.15, -0.1) is 0 Å². The maximum Gasteiger partial charge on any atom is 0.273 e. The molecule has 0 spiro atoms. The van der Waals surface area contributed by atoms with Gasteiger partial charge in [0, 0.05) is 18.5 Å². The minimum absolute atomic E-state index is 0.000984. The van der Waals surface area contributed by atoms with Crippen molar-refractivity contribution in [3.05, 3.63) is 66.0 Å². The maximum absolute atomic E-state index is 12.3. The van der Waals surface area contributed by atoms with E-state index in [1.54, 1.807) is 48.5 Å². The molecule has 0 aromatic heterocycles. The van der Waals surface area contributed by atoms with Gasteiger partial charge in [0.05, 0.1) is 18.2 Å². The highest BCUT2D eigenvalue weighted by Gasteiger charge is 2.20. The van der Waals surface area contributed by atoms with Gasteiger partial charge in [-0.3, -0.25) is 9.59 Å². The summed E-state index contributed by atoms with van der Waals surface area (Å²) in [6.45, 7) is 1.14. The maximum atomic E-state index is 12.3. The van der Waals surface area contributed by atoms with Crippen LogP contribution in [0.2, 0.25) is 0 Å². The third kappa shape index (κ3) is 5.24. The fourth-order valence-electron chi connectivity index (χ4n) is 2.78. The number of hydrogen-bond acceptors (Lipinski definition) is 7. The molecule has 9 heteroatoms. The van der Waals surface area contributed by atoms with Gasteiger partial charge in [-0.25, -0.2) is 5.84 Å². The monoisotopic (exact) mass is 397 g/mol. The number of carbonyl (C=O) groups excluding carboxylic acids is 2. The number of amides is 2. The fourth-order valence-corrected chi connectivity index (χ4v) is 2.78. The Bertz CT molecular complexity index is 907. The van der Waals surface area contributed by atoms with E-state index in [1.165, 1.54) is 11.2 Å². The van der Waals surface area contributed by atoms with E-state index < -0.39 is 11.8 Å². The number of anilines is 1. The van der Waals surface area contributed by atoms with Crippen LogP contribution in [0.25, 0.3) is 0 Å². The van der Waals surface area contributed by atoms with Crippen LogP contribution < -0.4 is 27.4 Å². The quantitative estimate of drug-likeness (QED) is 0.313.